The summed E-state index contributed by atoms with van der Waals surface area (Å²) in [5.74, 6) is -0.297. The van der Waals surface area contributed by atoms with Gasteiger partial charge in [0.1, 0.15) is 16.3 Å². The first-order chi connectivity index (χ1) is 13.9. The number of methoxy groups -OCH3 is 1. The summed E-state index contributed by atoms with van der Waals surface area (Å²) in [6.45, 7) is 3.83. The fourth-order valence-corrected chi connectivity index (χ4v) is 3.97. The zero-order chi connectivity index (χ0) is 21.0. The monoisotopic (exact) mass is 429 g/mol. The zero-order valence-corrected chi connectivity index (χ0v) is 17.8. The van der Waals surface area contributed by atoms with Crippen LogP contribution in [0.3, 0.4) is 0 Å². The Balaban J connectivity index is 1.94. The molecule has 1 aromatic heterocycles. The molecule has 0 aliphatic rings. The van der Waals surface area contributed by atoms with Crippen LogP contribution < -0.4 is 10.1 Å². The molecule has 1 N–H and O–H groups in total. The Morgan fingerprint density at radius 2 is 1.83 bits per heavy atom. The molecule has 3 aromatic rings. The number of carbonyl (C=O) groups excluding carboxylic acids is 2. The van der Waals surface area contributed by atoms with Gasteiger partial charge in [-0.2, -0.15) is 0 Å². The van der Waals surface area contributed by atoms with Gasteiger partial charge in [-0.15, -0.1) is 11.3 Å². The van der Waals surface area contributed by atoms with Crippen LogP contribution in [0.4, 0.5) is 5.00 Å². The molecule has 2 aromatic carbocycles. The van der Waals surface area contributed by atoms with Gasteiger partial charge in [-0.1, -0.05) is 35.9 Å². The molecule has 1 amide bonds. The van der Waals surface area contributed by atoms with Crippen molar-refractivity contribution >= 4 is 39.8 Å². The van der Waals surface area contributed by atoms with Crippen molar-refractivity contribution in [3.63, 3.8) is 0 Å². The van der Waals surface area contributed by atoms with Gasteiger partial charge in [0.15, 0.2) is 0 Å². The maximum absolute atomic E-state index is 12.8. The topological polar surface area (TPSA) is 64.6 Å². The summed E-state index contributed by atoms with van der Waals surface area (Å²) in [5.41, 5.74) is 2.00. The van der Waals surface area contributed by atoms with Crippen molar-refractivity contribution in [1.82, 2.24) is 0 Å². The Kier molecular flexibility index (Phi) is 6.56. The summed E-state index contributed by atoms with van der Waals surface area (Å²) in [7, 11) is 1.30. The number of halogens is 1. The lowest BCUT2D eigenvalue weighted by atomic mass is 10.0. The first kappa shape index (κ1) is 20.9. The van der Waals surface area contributed by atoms with E-state index in [4.69, 9.17) is 21.1 Å². The molecule has 29 heavy (non-hydrogen) atoms. The summed E-state index contributed by atoms with van der Waals surface area (Å²) in [5, 5.41) is 5.49. The molecule has 0 saturated carbocycles. The second kappa shape index (κ2) is 9.11. The van der Waals surface area contributed by atoms with Gasteiger partial charge in [0.25, 0.3) is 5.91 Å². The van der Waals surface area contributed by atoms with Gasteiger partial charge in [-0.05, 0) is 38.1 Å². The minimum atomic E-state index is -0.548. The smallest absolute Gasteiger partial charge is 0.341 e. The number of ether oxygens (including phenoxy) is 2. The van der Waals surface area contributed by atoms with Crippen molar-refractivity contribution in [3.05, 3.63) is 70.1 Å². The number of carbonyl (C=O) groups is 2. The fraction of sp³-hybridized carbons (Fsp3) is 0.182. The molecular formula is C22H20ClNO4S. The third-order valence-electron chi connectivity index (χ3n) is 4.04. The maximum Gasteiger partial charge on any atom is 0.341 e. The lowest BCUT2D eigenvalue weighted by Crippen LogP contribution is -2.14. The van der Waals surface area contributed by atoms with Crippen LogP contribution in [0.2, 0.25) is 5.02 Å². The first-order valence-electron chi connectivity index (χ1n) is 8.93. The molecule has 0 saturated heterocycles. The number of amides is 1. The van der Waals surface area contributed by atoms with Crippen LogP contribution in [-0.4, -0.2) is 25.1 Å². The van der Waals surface area contributed by atoms with E-state index in [0.29, 0.717) is 32.5 Å². The fourth-order valence-electron chi connectivity index (χ4n) is 2.79. The molecule has 0 unspecified atom stereocenters. The summed E-state index contributed by atoms with van der Waals surface area (Å²) < 4.78 is 10.6. The van der Waals surface area contributed by atoms with Crippen molar-refractivity contribution in [2.75, 3.05) is 12.4 Å². The second-order valence-corrected chi connectivity index (χ2v) is 7.76. The molecule has 0 fully saturated rings. The normalized spacial score (nSPS) is 10.7. The highest BCUT2D eigenvalue weighted by Crippen LogP contribution is 2.39. The summed E-state index contributed by atoms with van der Waals surface area (Å²) in [6, 6.07) is 14.1. The molecule has 3 rings (SSSR count). The van der Waals surface area contributed by atoms with E-state index in [9.17, 15) is 9.59 Å². The number of hydrogen-bond acceptors (Lipinski definition) is 5. The molecule has 150 valence electrons. The maximum atomic E-state index is 12.8. The van der Waals surface area contributed by atoms with Gasteiger partial charge in [-0.3, -0.25) is 4.79 Å². The minimum absolute atomic E-state index is 0.00489. The average molecular weight is 430 g/mol. The van der Waals surface area contributed by atoms with E-state index in [1.54, 1.807) is 35.7 Å². The van der Waals surface area contributed by atoms with E-state index in [0.717, 1.165) is 0 Å². The number of rotatable bonds is 6. The van der Waals surface area contributed by atoms with Crippen molar-refractivity contribution in [2.24, 2.45) is 0 Å². The molecule has 0 atom stereocenters. The Morgan fingerprint density at radius 3 is 2.52 bits per heavy atom. The number of benzene rings is 2. The van der Waals surface area contributed by atoms with Gasteiger partial charge in [0.05, 0.1) is 13.2 Å². The second-order valence-electron chi connectivity index (χ2n) is 6.47. The Hall–Kier alpha value is -2.83. The lowest BCUT2D eigenvalue weighted by molar-refractivity contribution is 0.0603. The van der Waals surface area contributed by atoms with Crippen molar-refractivity contribution < 1.29 is 19.1 Å². The zero-order valence-electron chi connectivity index (χ0n) is 16.2. The third-order valence-corrected chi connectivity index (χ3v) is 5.26. The number of nitrogens with one attached hydrogen (secondary N) is 1. The number of esters is 1. The molecule has 0 radical (unpaired) electrons. The van der Waals surface area contributed by atoms with E-state index in [1.165, 1.54) is 18.4 Å². The summed E-state index contributed by atoms with van der Waals surface area (Å²) >= 11 is 7.54. The highest BCUT2D eigenvalue weighted by Gasteiger charge is 2.23. The Labute approximate surface area is 178 Å². The van der Waals surface area contributed by atoms with Crippen LogP contribution in [0, 0.1) is 0 Å². The third kappa shape index (κ3) is 4.78. The quantitative estimate of drug-likeness (QED) is 0.496. The molecule has 0 aliphatic heterocycles. The van der Waals surface area contributed by atoms with Crippen LogP contribution in [0.5, 0.6) is 5.75 Å². The number of anilines is 1. The van der Waals surface area contributed by atoms with E-state index in [1.807, 2.05) is 32.0 Å². The van der Waals surface area contributed by atoms with Gasteiger partial charge in [0.2, 0.25) is 0 Å². The average Bonchev–Trinajstić information content (AvgIpc) is 3.10. The molecule has 1 heterocycles. The highest BCUT2D eigenvalue weighted by molar-refractivity contribution is 7.15. The van der Waals surface area contributed by atoms with E-state index >= 15 is 0 Å². The molecule has 0 aliphatic carbocycles. The van der Waals surface area contributed by atoms with Crippen molar-refractivity contribution in [2.45, 2.75) is 20.0 Å². The minimum Gasteiger partial charge on any atom is -0.491 e. The first-order valence-corrected chi connectivity index (χ1v) is 10.2. The highest BCUT2D eigenvalue weighted by atomic mass is 35.5. The Bertz CT molecular complexity index is 1040. The molecule has 0 spiro atoms. The predicted octanol–water partition coefficient (Wildman–Crippen LogP) is 5.89. The van der Waals surface area contributed by atoms with Crippen LogP contribution in [0.25, 0.3) is 11.1 Å². The van der Waals surface area contributed by atoms with Gasteiger partial charge >= 0.3 is 5.97 Å². The van der Waals surface area contributed by atoms with Crippen molar-refractivity contribution in [3.8, 4) is 16.9 Å². The predicted molar refractivity (Wildman–Crippen MR) is 116 cm³/mol. The van der Waals surface area contributed by atoms with Gasteiger partial charge < -0.3 is 14.8 Å². The molecule has 5 nitrogen and oxygen atoms in total. The molecule has 0 bridgehead atoms. The van der Waals surface area contributed by atoms with Crippen molar-refractivity contribution in [1.29, 1.82) is 0 Å². The number of hydrogen-bond donors (Lipinski definition) is 1. The molecular weight excluding hydrogens is 410 g/mol. The van der Waals surface area contributed by atoms with Crippen LogP contribution in [0.1, 0.15) is 34.6 Å². The van der Waals surface area contributed by atoms with E-state index in [2.05, 4.69) is 5.32 Å². The van der Waals surface area contributed by atoms with E-state index in [-0.39, 0.29) is 17.6 Å². The van der Waals surface area contributed by atoms with E-state index < -0.39 is 5.97 Å². The lowest BCUT2D eigenvalue weighted by Gasteiger charge is -2.11. The van der Waals surface area contributed by atoms with Crippen LogP contribution in [0.15, 0.2) is 53.9 Å². The van der Waals surface area contributed by atoms with Crippen LogP contribution in [-0.2, 0) is 4.74 Å². The SMILES string of the molecule is COC(=O)c1c(-c2ccccc2Cl)csc1NC(=O)c1cccc(OC(C)C)c1. The largest absolute Gasteiger partial charge is 0.491 e. The van der Waals surface area contributed by atoms with Crippen LogP contribution >= 0.6 is 22.9 Å². The standard InChI is InChI=1S/C22H20ClNO4S/c1-13(2)28-15-8-6-7-14(11-15)20(25)24-21-19(22(26)27-3)17(12-29-21)16-9-4-5-10-18(16)23/h4-13H,1-3H3,(H,24,25). The summed E-state index contributed by atoms with van der Waals surface area (Å²) in [6.07, 6.45) is -0.00489. The summed E-state index contributed by atoms with van der Waals surface area (Å²) in [4.78, 5) is 25.3. The number of thiophene rings is 1. The molecule has 7 heteroatoms. The van der Waals surface area contributed by atoms with Gasteiger partial charge in [0, 0.05) is 27.1 Å². The van der Waals surface area contributed by atoms with Gasteiger partial charge in [-0.25, -0.2) is 4.79 Å². The Morgan fingerprint density at radius 1 is 1.07 bits per heavy atom.